The van der Waals surface area contributed by atoms with Crippen molar-refractivity contribution in [1.82, 2.24) is 9.38 Å². The van der Waals surface area contributed by atoms with Gasteiger partial charge in [0.25, 0.3) is 0 Å². The van der Waals surface area contributed by atoms with E-state index in [2.05, 4.69) is 34.3 Å². The maximum Gasteiger partial charge on any atom is 0.230 e. The zero-order valence-electron chi connectivity index (χ0n) is 16.9. The molecule has 5 heteroatoms. The van der Waals surface area contributed by atoms with E-state index in [1.54, 1.807) is 0 Å². The van der Waals surface area contributed by atoms with E-state index in [9.17, 15) is 4.79 Å². The molecule has 0 spiro atoms. The summed E-state index contributed by atoms with van der Waals surface area (Å²) in [6, 6.07) is 12.2. The number of nitrogens with zero attached hydrogens (tertiary/aromatic N) is 3. The van der Waals surface area contributed by atoms with Gasteiger partial charge in [-0.05, 0) is 68.5 Å². The first-order valence-corrected chi connectivity index (χ1v) is 10.1. The summed E-state index contributed by atoms with van der Waals surface area (Å²) < 4.78 is 2.02. The third-order valence-electron chi connectivity index (χ3n) is 5.77. The molecule has 1 aliphatic heterocycles. The SMILES string of the molecule is Cc1nc2c(C)cccn2c1CC(=O)Nc1ccc(N2CCC(C)CC2)cc1. The summed E-state index contributed by atoms with van der Waals surface area (Å²) in [6.07, 6.45) is 4.77. The lowest BCUT2D eigenvalue weighted by atomic mass is 9.99. The lowest BCUT2D eigenvalue weighted by Gasteiger charge is -2.32. The molecule has 1 N–H and O–H groups in total. The number of amides is 1. The predicted octanol–water partition coefficient (Wildman–Crippen LogP) is 4.37. The molecule has 0 bridgehead atoms. The van der Waals surface area contributed by atoms with E-state index in [4.69, 9.17) is 0 Å². The van der Waals surface area contributed by atoms with Crippen molar-refractivity contribution in [3.8, 4) is 0 Å². The lowest BCUT2D eigenvalue weighted by Crippen LogP contribution is -2.32. The number of aromatic nitrogens is 2. The second-order valence-electron chi connectivity index (χ2n) is 7.97. The van der Waals surface area contributed by atoms with Gasteiger partial charge in [-0.25, -0.2) is 4.98 Å². The van der Waals surface area contributed by atoms with Crippen LogP contribution in [0.25, 0.3) is 5.65 Å². The summed E-state index contributed by atoms with van der Waals surface area (Å²) in [6.45, 7) is 8.54. The molecule has 1 fully saturated rings. The van der Waals surface area contributed by atoms with Crippen molar-refractivity contribution in [3.63, 3.8) is 0 Å². The number of hydrogen-bond donors (Lipinski definition) is 1. The van der Waals surface area contributed by atoms with Crippen LogP contribution < -0.4 is 10.2 Å². The van der Waals surface area contributed by atoms with E-state index >= 15 is 0 Å². The van der Waals surface area contributed by atoms with Gasteiger partial charge in [0.15, 0.2) is 0 Å². The number of benzene rings is 1. The van der Waals surface area contributed by atoms with Crippen LogP contribution in [0, 0.1) is 19.8 Å². The fraction of sp³-hybridized carbons (Fsp3) is 0.391. The van der Waals surface area contributed by atoms with Crippen molar-refractivity contribution in [2.45, 2.75) is 40.0 Å². The number of fused-ring (bicyclic) bond motifs is 1. The number of aryl methyl sites for hydroxylation is 2. The number of hydrogen-bond acceptors (Lipinski definition) is 3. The third-order valence-corrected chi connectivity index (χ3v) is 5.77. The average molecular weight is 377 g/mol. The zero-order chi connectivity index (χ0) is 19.7. The minimum Gasteiger partial charge on any atom is -0.372 e. The molecule has 28 heavy (non-hydrogen) atoms. The Hall–Kier alpha value is -2.82. The summed E-state index contributed by atoms with van der Waals surface area (Å²) >= 11 is 0. The molecule has 1 amide bonds. The quantitative estimate of drug-likeness (QED) is 0.736. The first kappa shape index (κ1) is 18.5. The van der Waals surface area contributed by atoms with E-state index in [-0.39, 0.29) is 5.91 Å². The molecule has 2 aromatic heterocycles. The van der Waals surface area contributed by atoms with Gasteiger partial charge in [0.2, 0.25) is 5.91 Å². The van der Waals surface area contributed by atoms with Crippen LogP contribution in [0.2, 0.25) is 0 Å². The fourth-order valence-corrected chi connectivity index (χ4v) is 3.96. The molecule has 5 nitrogen and oxygen atoms in total. The first-order chi connectivity index (χ1) is 13.5. The first-order valence-electron chi connectivity index (χ1n) is 10.1. The van der Waals surface area contributed by atoms with Gasteiger partial charge in [-0.3, -0.25) is 4.79 Å². The summed E-state index contributed by atoms with van der Waals surface area (Å²) in [5, 5.41) is 3.03. The smallest absolute Gasteiger partial charge is 0.230 e. The van der Waals surface area contributed by atoms with Crippen molar-refractivity contribution in [3.05, 3.63) is 59.5 Å². The Morgan fingerprint density at radius 2 is 1.86 bits per heavy atom. The van der Waals surface area contributed by atoms with Gasteiger partial charge in [-0.1, -0.05) is 13.0 Å². The number of carbonyl (C=O) groups is 1. The number of anilines is 2. The van der Waals surface area contributed by atoms with Crippen LogP contribution >= 0.6 is 0 Å². The predicted molar refractivity (Wildman–Crippen MR) is 114 cm³/mol. The summed E-state index contributed by atoms with van der Waals surface area (Å²) in [7, 11) is 0. The zero-order valence-corrected chi connectivity index (χ0v) is 16.9. The van der Waals surface area contributed by atoms with Crippen molar-refractivity contribution >= 4 is 22.9 Å². The highest BCUT2D eigenvalue weighted by atomic mass is 16.1. The van der Waals surface area contributed by atoms with E-state index in [1.165, 1.54) is 18.5 Å². The van der Waals surface area contributed by atoms with E-state index in [0.717, 1.165) is 47.3 Å². The van der Waals surface area contributed by atoms with Crippen molar-refractivity contribution in [2.75, 3.05) is 23.3 Å². The molecule has 0 unspecified atom stereocenters. The Bertz CT molecular complexity index is 982. The second-order valence-corrected chi connectivity index (χ2v) is 7.97. The molecule has 0 saturated carbocycles. The van der Waals surface area contributed by atoms with Crippen molar-refractivity contribution in [1.29, 1.82) is 0 Å². The molecule has 3 heterocycles. The second kappa shape index (κ2) is 7.66. The number of imidazole rings is 1. The Morgan fingerprint density at radius 3 is 2.57 bits per heavy atom. The largest absolute Gasteiger partial charge is 0.372 e. The lowest BCUT2D eigenvalue weighted by molar-refractivity contribution is -0.115. The number of nitrogens with one attached hydrogen (secondary N) is 1. The summed E-state index contributed by atoms with van der Waals surface area (Å²) in [4.78, 5) is 19.7. The molecule has 4 rings (SSSR count). The van der Waals surface area contributed by atoms with Crippen LogP contribution in [-0.2, 0) is 11.2 Å². The van der Waals surface area contributed by atoms with Crippen molar-refractivity contribution < 1.29 is 4.79 Å². The van der Waals surface area contributed by atoms with E-state index in [0.29, 0.717) is 6.42 Å². The van der Waals surface area contributed by atoms with Gasteiger partial charge in [0.05, 0.1) is 17.8 Å². The van der Waals surface area contributed by atoms with Gasteiger partial charge < -0.3 is 14.6 Å². The molecule has 0 radical (unpaired) electrons. The number of carbonyl (C=O) groups excluding carboxylic acids is 1. The van der Waals surface area contributed by atoms with Gasteiger partial charge >= 0.3 is 0 Å². The highest BCUT2D eigenvalue weighted by Gasteiger charge is 2.17. The minimum atomic E-state index is -0.0223. The Kier molecular flexibility index (Phi) is 5.07. The maximum absolute atomic E-state index is 12.6. The summed E-state index contributed by atoms with van der Waals surface area (Å²) in [5.74, 6) is 0.799. The molecule has 1 saturated heterocycles. The molecule has 0 atom stereocenters. The monoisotopic (exact) mass is 376 g/mol. The topological polar surface area (TPSA) is 49.6 Å². The van der Waals surface area contributed by atoms with Crippen LogP contribution in [-0.4, -0.2) is 28.4 Å². The van der Waals surface area contributed by atoms with Crippen LogP contribution in [0.1, 0.15) is 36.7 Å². The molecular weight excluding hydrogens is 348 g/mol. The Labute approximate surface area is 166 Å². The average Bonchev–Trinajstić information content (AvgIpc) is 3.00. The summed E-state index contributed by atoms with van der Waals surface area (Å²) in [5.41, 5.74) is 5.94. The molecular formula is C23H28N4O. The molecule has 1 aliphatic rings. The van der Waals surface area contributed by atoms with Gasteiger partial charge in [-0.15, -0.1) is 0 Å². The van der Waals surface area contributed by atoms with Gasteiger partial charge in [0.1, 0.15) is 5.65 Å². The minimum absolute atomic E-state index is 0.0223. The normalized spacial score (nSPS) is 15.2. The third kappa shape index (κ3) is 3.75. The number of piperidine rings is 1. The van der Waals surface area contributed by atoms with E-state index in [1.807, 2.05) is 48.7 Å². The van der Waals surface area contributed by atoms with Crippen LogP contribution in [0.5, 0.6) is 0 Å². The molecule has 146 valence electrons. The van der Waals surface area contributed by atoms with Gasteiger partial charge in [0, 0.05) is 30.7 Å². The molecule has 0 aliphatic carbocycles. The van der Waals surface area contributed by atoms with Crippen LogP contribution in [0.3, 0.4) is 0 Å². The fourth-order valence-electron chi connectivity index (χ4n) is 3.96. The highest BCUT2D eigenvalue weighted by Crippen LogP contribution is 2.24. The Morgan fingerprint density at radius 1 is 1.14 bits per heavy atom. The van der Waals surface area contributed by atoms with Gasteiger partial charge in [-0.2, -0.15) is 0 Å². The van der Waals surface area contributed by atoms with E-state index < -0.39 is 0 Å². The van der Waals surface area contributed by atoms with Crippen molar-refractivity contribution in [2.24, 2.45) is 5.92 Å². The Balaban J connectivity index is 1.43. The van der Waals surface area contributed by atoms with Crippen LogP contribution in [0.4, 0.5) is 11.4 Å². The molecule has 1 aromatic carbocycles. The maximum atomic E-state index is 12.6. The number of pyridine rings is 1. The number of rotatable bonds is 4. The highest BCUT2D eigenvalue weighted by molar-refractivity contribution is 5.92. The standard InChI is InChI=1S/C23H28N4O/c1-16-10-13-26(14-11-16)20-8-6-19(7-9-20)25-22(28)15-21-18(3)24-23-17(2)5-4-12-27(21)23/h4-9,12,16H,10-11,13-15H2,1-3H3,(H,25,28). The molecule has 3 aromatic rings. The van der Waals surface area contributed by atoms with Crippen LogP contribution in [0.15, 0.2) is 42.6 Å².